The van der Waals surface area contributed by atoms with Gasteiger partial charge in [-0.15, -0.1) is 0 Å². The molecule has 1 unspecified atom stereocenters. The minimum Gasteiger partial charge on any atom is -0.384 e. The summed E-state index contributed by atoms with van der Waals surface area (Å²) in [5, 5.41) is 3.13. The van der Waals surface area contributed by atoms with Gasteiger partial charge in [0.1, 0.15) is 0 Å². The molecule has 1 heterocycles. The predicted molar refractivity (Wildman–Crippen MR) is 51.6 cm³/mol. The van der Waals surface area contributed by atoms with E-state index in [0.717, 1.165) is 13.2 Å². The van der Waals surface area contributed by atoms with Crippen LogP contribution in [-0.4, -0.2) is 30.2 Å². The molecule has 1 atom stereocenters. The van der Waals surface area contributed by atoms with Gasteiger partial charge in [0, 0.05) is 26.0 Å². The average molecular weight is 181 g/mol. The normalized spacial score (nSPS) is 12.5. The van der Waals surface area contributed by atoms with Gasteiger partial charge in [-0.05, 0) is 12.0 Å². The average Bonchev–Trinajstić information content (AvgIpc) is 2.17. The van der Waals surface area contributed by atoms with Crippen LogP contribution >= 0.6 is 0 Å². The van der Waals surface area contributed by atoms with Crippen LogP contribution in [0.25, 0.3) is 0 Å². The lowest BCUT2D eigenvalue weighted by atomic mass is 10.2. The Morgan fingerprint density at radius 1 is 1.46 bits per heavy atom. The Labute approximate surface area is 78.4 Å². The third-order valence-electron chi connectivity index (χ3n) is 1.63. The molecule has 1 N–H and O–H groups in total. The molecule has 0 fully saturated rings. The minimum atomic E-state index is 0.466. The van der Waals surface area contributed by atoms with Gasteiger partial charge >= 0.3 is 0 Å². The van der Waals surface area contributed by atoms with Crippen molar-refractivity contribution >= 4 is 5.95 Å². The summed E-state index contributed by atoms with van der Waals surface area (Å²) in [6, 6.07) is 1.80. The van der Waals surface area contributed by atoms with Gasteiger partial charge in [-0.2, -0.15) is 0 Å². The fourth-order valence-corrected chi connectivity index (χ4v) is 0.999. The lowest BCUT2D eigenvalue weighted by Gasteiger charge is -2.10. The van der Waals surface area contributed by atoms with E-state index in [-0.39, 0.29) is 0 Å². The van der Waals surface area contributed by atoms with E-state index in [2.05, 4.69) is 22.2 Å². The zero-order chi connectivity index (χ0) is 9.52. The summed E-state index contributed by atoms with van der Waals surface area (Å²) < 4.78 is 5.01. The maximum Gasteiger partial charge on any atom is 0.222 e. The van der Waals surface area contributed by atoms with Crippen molar-refractivity contribution < 1.29 is 4.74 Å². The first-order valence-electron chi connectivity index (χ1n) is 4.32. The van der Waals surface area contributed by atoms with Gasteiger partial charge in [-0.3, -0.25) is 0 Å². The van der Waals surface area contributed by atoms with Gasteiger partial charge in [0.2, 0.25) is 5.95 Å². The molecule has 1 aromatic heterocycles. The highest BCUT2D eigenvalue weighted by atomic mass is 16.5. The Kier molecular flexibility index (Phi) is 4.18. The molecule has 0 aromatic carbocycles. The summed E-state index contributed by atoms with van der Waals surface area (Å²) in [5.74, 6) is 1.14. The van der Waals surface area contributed by atoms with Crippen molar-refractivity contribution in [3.8, 4) is 0 Å². The van der Waals surface area contributed by atoms with Crippen molar-refractivity contribution in [1.82, 2.24) is 9.97 Å². The Morgan fingerprint density at radius 2 is 2.15 bits per heavy atom. The lowest BCUT2D eigenvalue weighted by molar-refractivity contribution is 0.164. The second kappa shape index (κ2) is 5.48. The molecule has 4 heteroatoms. The topological polar surface area (TPSA) is 47.0 Å². The lowest BCUT2D eigenvalue weighted by Crippen LogP contribution is -2.16. The minimum absolute atomic E-state index is 0.466. The van der Waals surface area contributed by atoms with Crippen molar-refractivity contribution in [2.45, 2.75) is 6.92 Å². The third kappa shape index (κ3) is 3.85. The molecule has 1 aromatic rings. The van der Waals surface area contributed by atoms with Crippen LogP contribution in [-0.2, 0) is 4.74 Å². The maximum atomic E-state index is 5.01. The number of rotatable bonds is 5. The zero-order valence-electron chi connectivity index (χ0n) is 8.03. The summed E-state index contributed by atoms with van der Waals surface area (Å²) in [7, 11) is 1.70. The molecule has 13 heavy (non-hydrogen) atoms. The molecular formula is C9H15N3O. The van der Waals surface area contributed by atoms with Crippen LogP contribution in [0, 0.1) is 5.92 Å². The number of methoxy groups -OCH3 is 1. The molecule has 0 amide bonds. The number of ether oxygens (including phenoxy) is 1. The zero-order valence-corrected chi connectivity index (χ0v) is 8.03. The van der Waals surface area contributed by atoms with Crippen molar-refractivity contribution in [2.24, 2.45) is 5.92 Å². The first-order chi connectivity index (χ1) is 6.33. The smallest absolute Gasteiger partial charge is 0.222 e. The van der Waals surface area contributed by atoms with E-state index in [0.29, 0.717) is 11.9 Å². The van der Waals surface area contributed by atoms with E-state index in [4.69, 9.17) is 4.74 Å². The summed E-state index contributed by atoms with van der Waals surface area (Å²) >= 11 is 0. The predicted octanol–water partition coefficient (Wildman–Crippen LogP) is 1.17. The molecule has 0 bridgehead atoms. The number of hydrogen-bond acceptors (Lipinski definition) is 4. The Bertz CT molecular complexity index is 228. The van der Waals surface area contributed by atoms with Gasteiger partial charge in [-0.25, -0.2) is 9.97 Å². The molecule has 0 aliphatic rings. The first-order valence-corrected chi connectivity index (χ1v) is 4.32. The Hall–Kier alpha value is -1.16. The van der Waals surface area contributed by atoms with Crippen LogP contribution in [0.2, 0.25) is 0 Å². The van der Waals surface area contributed by atoms with Gasteiger partial charge in [0.25, 0.3) is 0 Å². The number of nitrogens with zero attached hydrogens (tertiary/aromatic N) is 2. The standard InChI is InChI=1S/C9H15N3O/c1-8(7-13-2)6-12-9-10-4-3-5-11-9/h3-5,8H,6-7H2,1-2H3,(H,10,11,12). The van der Waals surface area contributed by atoms with E-state index < -0.39 is 0 Å². The fourth-order valence-electron chi connectivity index (χ4n) is 0.999. The van der Waals surface area contributed by atoms with Gasteiger partial charge in [-0.1, -0.05) is 6.92 Å². The Morgan fingerprint density at radius 3 is 2.77 bits per heavy atom. The third-order valence-corrected chi connectivity index (χ3v) is 1.63. The van der Waals surface area contributed by atoms with E-state index in [1.807, 2.05) is 0 Å². The number of aromatic nitrogens is 2. The fraction of sp³-hybridized carbons (Fsp3) is 0.556. The molecule has 4 nitrogen and oxygen atoms in total. The molecule has 0 saturated heterocycles. The molecule has 1 rings (SSSR count). The Balaban J connectivity index is 2.27. The largest absolute Gasteiger partial charge is 0.384 e. The van der Waals surface area contributed by atoms with E-state index >= 15 is 0 Å². The second-order valence-corrected chi connectivity index (χ2v) is 3.01. The van der Waals surface area contributed by atoms with Gasteiger partial charge in [0.05, 0.1) is 6.61 Å². The highest BCUT2D eigenvalue weighted by molar-refractivity contribution is 5.21. The molecule has 0 aliphatic heterocycles. The number of nitrogens with one attached hydrogen (secondary N) is 1. The van der Waals surface area contributed by atoms with Crippen molar-refractivity contribution in [2.75, 3.05) is 25.6 Å². The van der Waals surface area contributed by atoms with Crippen molar-refractivity contribution in [1.29, 1.82) is 0 Å². The first kappa shape index (κ1) is 9.92. The monoisotopic (exact) mass is 181 g/mol. The summed E-state index contributed by atoms with van der Waals surface area (Å²) in [6.45, 7) is 3.69. The van der Waals surface area contributed by atoms with Crippen LogP contribution in [0.1, 0.15) is 6.92 Å². The SMILES string of the molecule is COCC(C)CNc1ncccn1. The molecule has 72 valence electrons. The molecule has 0 radical (unpaired) electrons. The van der Waals surface area contributed by atoms with Gasteiger partial charge in [0.15, 0.2) is 0 Å². The summed E-state index contributed by atoms with van der Waals surface area (Å²) in [6.07, 6.45) is 3.44. The highest BCUT2D eigenvalue weighted by Gasteiger charge is 2.01. The van der Waals surface area contributed by atoms with Crippen LogP contribution in [0.3, 0.4) is 0 Å². The maximum absolute atomic E-state index is 5.01. The van der Waals surface area contributed by atoms with Crippen LogP contribution in [0.15, 0.2) is 18.5 Å². The van der Waals surface area contributed by atoms with E-state index in [1.54, 1.807) is 25.6 Å². The second-order valence-electron chi connectivity index (χ2n) is 3.01. The van der Waals surface area contributed by atoms with Crippen molar-refractivity contribution in [3.05, 3.63) is 18.5 Å². The summed E-state index contributed by atoms with van der Waals surface area (Å²) in [4.78, 5) is 8.10. The molecule has 0 spiro atoms. The van der Waals surface area contributed by atoms with Crippen LogP contribution < -0.4 is 5.32 Å². The molecule has 0 aliphatic carbocycles. The van der Waals surface area contributed by atoms with Crippen molar-refractivity contribution in [3.63, 3.8) is 0 Å². The highest BCUT2D eigenvalue weighted by Crippen LogP contribution is 1.98. The van der Waals surface area contributed by atoms with E-state index in [1.165, 1.54) is 0 Å². The quantitative estimate of drug-likeness (QED) is 0.740. The van der Waals surface area contributed by atoms with Crippen LogP contribution in [0.4, 0.5) is 5.95 Å². The number of hydrogen-bond donors (Lipinski definition) is 1. The van der Waals surface area contributed by atoms with Gasteiger partial charge < -0.3 is 10.1 Å². The van der Waals surface area contributed by atoms with E-state index in [9.17, 15) is 0 Å². The molecular weight excluding hydrogens is 166 g/mol. The molecule has 0 saturated carbocycles. The summed E-state index contributed by atoms with van der Waals surface area (Å²) in [5.41, 5.74) is 0. The van der Waals surface area contributed by atoms with Crippen LogP contribution in [0.5, 0.6) is 0 Å². The number of anilines is 1.